The van der Waals surface area contributed by atoms with Gasteiger partial charge in [0.15, 0.2) is 0 Å². The quantitative estimate of drug-likeness (QED) is 0.911. The highest BCUT2D eigenvalue weighted by molar-refractivity contribution is 5.82. The van der Waals surface area contributed by atoms with Crippen molar-refractivity contribution in [3.63, 3.8) is 0 Å². The molecule has 2 aromatic rings. The number of fused-ring (bicyclic) bond motifs is 1. The van der Waals surface area contributed by atoms with E-state index in [0.717, 1.165) is 24.5 Å². The molecule has 0 radical (unpaired) electrons. The molecular weight excluding hydrogens is 238 g/mol. The van der Waals surface area contributed by atoms with Crippen molar-refractivity contribution in [1.82, 2.24) is 5.32 Å². The summed E-state index contributed by atoms with van der Waals surface area (Å²) in [6.45, 7) is 6.09. The molecule has 19 heavy (non-hydrogen) atoms. The molecule has 2 unspecified atom stereocenters. The minimum atomic E-state index is 0.219. The molecule has 2 heterocycles. The molecular formula is C16H21NO2. The fraction of sp³-hybridized carbons (Fsp3) is 0.500. The molecule has 0 aliphatic carbocycles. The molecule has 0 bridgehead atoms. The Balaban J connectivity index is 1.73. The van der Waals surface area contributed by atoms with E-state index < -0.39 is 0 Å². The summed E-state index contributed by atoms with van der Waals surface area (Å²) in [4.78, 5) is 0. The van der Waals surface area contributed by atoms with E-state index in [1.54, 1.807) is 0 Å². The van der Waals surface area contributed by atoms with Crippen LogP contribution in [0.15, 0.2) is 28.7 Å². The van der Waals surface area contributed by atoms with Crippen LogP contribution in [0.5, 0.6) is 0 Å². The van der Waals surface area contributed by atoms with Crippen molar-refractivity contribution in [2.24, 2.45) is 0 Å². The second-order valence-electron chi connectivity index (χ2n) is 5.35. The van der Waals surface area contributed by atoms with E-state index in [2.05, 4.69) is 31.3 Å². The maximum Gasteiger partial charge on any atom is 0.134 e. The molecule has 102 valence electrons. The fourth-order valence-corrected chi connectivity index (χ4v) is 2.81. The molecule has 0 saturated carbocycles. The highest BCUT2D eigenvalue weighted by Crippen LogP contribution is 2.29. The summed E-state index contributed by atoms with van der Waals surface area (Å²) in [7, 11) is 0. The average molecular weight is 259 g/mol. The van der Waals surface area contributed by atoms with Crippen molar-refractivity contribution >= 4 is 11.0 Å². The number of hydrogen-bond donors (Lipinski definition) is 1. The van der Waals surface area contributed by atoms with Gasteiger partial charge in [-0.15, -0.1) is 0 Å². The van der Waals surface area contributed by atoms with Gasteiger partial charge in [0.1, 0.15) is 11.3 Å². The van der Waals surface area contributed by atoms with Gasteiger partial charge in [0.2, 0.25) is 0 Å². The van der Waals surface area contributed by atoms with Crippen LogP contribution in [0.1, 0.15) is 37.1 Å². The average Bonchev–Trinajstić information content (AvgIpc) is 3.05. The van der Waals surface area contributed by atoms with Crippen molar-refractivity contribution in [3.05, 3.63) is 35.6 Å². The molecule has 1 aliphatic rings. The lowest BCUT2D eigenvalue weighted by Gasteiger charge is -2.15. The highest BCUT2D eigenvalue weighted by atomic mass is 16.5. The lowest BCUT2D eigenvalue weighted by molar-refractivity contribution is 0.107. The van der Waals surface area contributed by atoms with Gasteiger partial charge in [0.25, 0.3) is 0 Å². The molecule has 3 rings (SSSR count). The Morgan fingerprint density at radius 2 is 2.21 bits per heavy atom. The van der Waals surface area contributed by atoms with Gasteiger partial charge in [0.05, 0.1) is 12.1 Å². The van der Waals surface area contributed by atoms with Gasteiger partial charge < -0.3 is 14.5 Å². The van der Waals surface area contributed by atoms with Gasteiger partial charge in [-0.2, -0.15) is 0 Å². The Labute approximate surface area is 113 Å². The third-order valence-electron chi connectivity index (χ3n) is 3.95. The minimum Gasteiger partial charge on any atom is -0.459 e. The fourth-order valence-electron chi connectivity index (χ4n) is 2.81. The smallest absolute Gasteiger partial charge is 0.134 e. The monoisotopic (exact) mass is 259 g/mol. The number of aryl methyl sites for hydroxylation is 1. The van der Waals surface area contributed by atoms with Gasteiger partial charge in [-0.3, -0.25) is 0 Å². The largest absolute Gasteiger partial charge is 0.459 e. The standard InChI is InChI=1S/C16H21NO2/c1-11-14-7-3-4-8-15(14)19-16(11)12(2)17-10-13-6-5-9-18-13/h3-4,7-8,12-13,17H,5-6,9-10H2,1-2H3. The first-order chi connectivity index (χ1) is 9.25. The second-order valence-corrected chi connectivity index (χ2v) is 5.35. The molecule has 3 heteroatoms. The van der Waals surface area contributed by atoms with Gasteiger partial charge >= 0.3 is 0 Å². The van der Waals surface area contributed by atoms with E-state index in [1.165, 1.54) is 23.8 Å². The zero-order chi connectivity index (χ0) is 13.2. The SMILES string of the molecule is Cc1c(C(C)NCC2CCCO2)oc2ccccc12. The van der Waals surface area contributed by atoms with Crippen molar-refractivity contribution < 1.29 is 9.15 Å². The first-order valence-corrected chi connectivity index (χ1v) is 7.08. The number of benzene rings is 1. The van der Waals surface area contributed by atoms with Crippen LogP contribution in [-0.4, -0.2) is 19.3 Å². The van der Waals surface area contributed by atoms with Crippen LogP contribution in [0.3, 0.4) is 0 Å². The lowest BCUT2D eigenvalue weighted by Crippen LogP contribution is -2.28. The maximum absolute atomic E-state index is 5.97. The third-order valence-corrected chi connectivity index (χ3v) is 3.95. The molecule has 1 fully saturated rings. The van der Waals surface area contributed by atoms with Crippen LogP contribution in [0.2, 0.25) is 0 Å². The molecule has 1 aromatic heterocycles. The Bertz CT molecular complexity index is 555. The summed E-state index contributed by atoms with van der Waals surface area (Å²) in [6.07, 6.45) is 2.72. The maximum atomic E-state index is 5.97. The van der Waals surface area contributed by atoms with E-state index in [0.29, 0.717) is 6.10 Å². The van der Waals surface area contributed by atoms with Crippen LogP contribution in [-0.2, 0) is 4.74 Å². The van der Waals surface area contributed by atoms with Gasteiger partial charge in [0, 0.05) is 18.5 Å². The predicted octanol–water partition coefficient (Wildman–Crippen LogP) is 3.57. The summed E-state index contributed by atoms with van der Waals surface area (Å²) in [5, 5.41) is 4.74. The third kappa shape index (κ3) is 2.53. The predicted molar refractivity (Wildman–Crippen MR) is 76.3 cm³/mol. The van der Waals surface area contributed by atoms with E-state index >= 15 is 0 Å². The molecule has 0 spiro atoms. The molecule has 2 atom stereocenters. The second kappa shape index (κ2) is 5.35. The number of furan rings is 1. The summed E-state index contributed by atoms with van der Waals surface area (Å²) in [5.74, 6) is 1.04. The molecule has 1 saturated heterocycles. The van der Waals surface area contributed by atoms with Crippen LogP contribution >= 0.6 is 0 Å². The number of para-hydroxylation sites is 1. The number of rotatable bonds is 4. The minimum absolute atomic E-state index is 0.219. The van der Waals surface area contributed by atoms with Crippen LogP contribution in [0.4, 0.5) is 0 Å². The molecule has 3 nitrogen and oxygen atoms in total. The van der Waals surface area contributed by atoms with Gasteiger partial charge in [-0.1, -0.05) is 18.2 Å². The molecule has 0 amide bonds. The zero-order valence-corrected chi connectivity index (χ0v) is 11.6. The lowest BCUT2D eigenvalue weighted by atomic mass is 10.1. The Kier molecular flexibility index (Phi) is 3.58. The van der Waals surface area contributed by atoms with Crippen molar-refractivity contribution in [3.8, 4) is 0 Å². The Hall–Kier alpha value is -1.32. The van der Waals surface area contributed by atoms with Crippen molar-refractivity contribution in [2.75, 3.05) is 13.2 Å². The number of hydrogen-bond acceptors (Lipinski definition) is 3. The summed E-state index contributed by atoms with van der Waals surface area (Å²) in [5.41, 5.74) is 2.21. The molecule has 1 aromatic carbocycles. The topological polar surface area (TPSA) is 34.4 Å². The summed E-state index contributed by atoms with van der Waals surface area (Å²) >= 11 is 0. The Morgan fingerprint density at radius 1 is 1.37 bits per heavy atom. The van der Waals surface area contributed by atoms with Gasteiger partial charge in [-0.25, -0.2) is 0 Å². The van der Waals surface area contributed by atoms with Crippen LogP contribution in [0.25, 0.3) is 11.0 Å². The molecule has 1 N–H and O–H groups in total. The first-order valence-electron chi connectivity index (χ1n) is 7.08. The zero-order valence-electron chi connectivity index (χ0n) is 11.6. The summed E-state index contributed by atoms with van der Waals surface area (Å²) in [6, 6.07) is 8.43. The highest BCUT2D eigenvalue weighted by Gasteiger charge is 2.19. The summed E-state index contributed by atoms with van der Waals surface area (Å²) < 4.78 is 11.6. The van der Waals surface area contributed by atoms with Crippen LogP contribution < -0.4 is 5.32 Å². The van der Waals surface area contributed by atoms with E-state index in [4.69, 9.17) is 9.15 Å². The van der Waals surface area contributed by atoms with E-state index in [-0.39, 0.29) is 6.04 Å². The Morgan fingerprint density at radius 3 is 2.95 bits per heavy atom. The first kappa shape index (κ1) is 12.7. The normalized spacial score (nSPS) is 21.1. The molecule has 1 aliphatic heterocycles. The van der Waals surface area contributed by atoms with Gasteiger partial charge in [-0.05, 0) is 38.3 Å². The van der Waals surface area contributed by atoms with Crippen molar-refractivity contribution in [1.29, 1.82) is 0 Å². The van der Waals surface area contributed by atoms with Crippen molar-refractivity contribution in [2.45, 2.75) is 38.8 Å². The number of nitrogens with one attached hydrogen (secondary N) is 1. The van der Waals surface area contributed by atoms with E-state index in [1.807, 2.05) is 12.1 Å². The van der Waals surface area contributed by atoms with E-state index in [9.17, 15) is 0 Å². The number of ether oxygens (including phenoxy) is 1. The van der Waals surface area contributed by atoms with Crippen LogP contribution in [0, 0.1) is 6.92 Å².